The lowest BCUT2D eigenvalue weighted by Gasteiger charge is -2.28. The number of sulfone groups is 1. The standard InChI is InChI=1S/C30H23F5N2O7S/c1-44-24-13-23(32)20(19-8-7-16(29(40)41)10-22(19)31)12-21(24)27(38)37-26-15-6-5-14(9-15)25(26)28(39)36-17-3-2-4-18(11-17)45(42,43)30(33,34)35/h2-8,10-15,25-26H,9H2,1H3,(H,36,39)(H,37,38)(H,40,41). The van der Waals surface area contributed by atoms with Crippen LogP contribution in [0.15, 0.2) is 71.6 Å². The molecule has 2 amide bonds. The summed E-state index contributed by atoms with van der Waals surface area (Å²) in [4.78, 5) is 37.0. The summed E-state index contributed by atoms with van der Waals surface area (Å²) in [5, 5.41) is 14.3. The van der Waals surface area contributed by atoms with Gasteiger partial charge < -0.3 is 20.5 Å². The second kappa shape index (κ2) is 11.6. The maximum absolute atomic E-state index is 15.0. The summed E-state index contributed by atoms with van der Waals surface area (Å²) in [5.74, 6) is -6.71. The van der Waals surface area contributed by atoms with Crippen LogP contribution in [0.4, 0.5) is 27.6 Å². The van der Waals surface area contributed by atoms with Crippen molar-refractivity contribution in [1.29, 1.82) is 0 Å². The molecule has 45 heavy (non-hydrogen) atoms. The van der Waals surface area contributed by atoms with Crippen molar-refractivity contribution in [2.75, 3.05) is 12.4 Å². The fourth-order valence-electron chi connectivity index (χ4n) is 5.68. The van der Waals surface area contributed by atoms with E-state index >= 15 is 4.39 Å². The van der Waals surface area contributed by atoms with E-state index in [4.69, 9.17) is 9.84 Å². The number of carboxylic acid groups (broad SMARTS) is 1. The van der Waals surface area contributed by atoms with E-state index in [1.54, 1.807) is 12.2 Å². The lowest BCUT2D eigenvalue weighted by atomic mass is 9.87. The topological polar surface area (TPSA) is 139 Å². The van der Waals surface area contributed by atoms with Gasteiger partial charge in [0.2, 0.25) is 5.91 Å². The van der Waals surface area contributed by atoms with E-state index < -0.39 is 61.6 Å². The molecule has 0 aliphatic heterocycles. The van der Waals surface area contributed by atoms with Crippen LogP contribution in [0.1, 0.15) is 27.1 Å². The zero-order valence-electron chi connectivity index (χ0n) is 23.1. The lowest BCUT2D eigenvalue weighted by molar-refractivity contribution is -0.121. The van der Waals surface area contributed by atoms with E-state index in [9.17, 15) is 40.4 Å². The Balaban J connectivity index is 1.41. The Kier molecular flexibility index (Phi) is 8.16. The Bertz CT molecular complexity index is 1860. The highest BCUT2D eigenvalue weighted by Crippen LogP contribution is 2.45. The van der Waals surface area contributed by atoms with Gasteiger partial charge in [0, 0.05) is 28.9 Å². The van der Waals surface area contributed by atoms with Crippen molar-refractivity contribution < 1.29 is 54.6 Å². The molecule has 1 saturated carbocycles. The number of amides is 2. The number of anilines is 1. The van der Waals surface area contributed by atoms with Crippen LogP contribution in [0, 0.1) is 29.4 Å². The van der Waals surface area contributed by atoms with E-state index in [0.717, 1.165) is 36.4 Å². The van der Waals surface area contributed by atoms with Crippen molar-refractivity contribution in [3.8, 4) is 16.9 Å². The molecule has 2 bridgehead atoms. The Morgan fingerprint density at radius 1 is 0.933 bits per heavy atom. The zero-order chi connectivity index (χ0) is 32.8. The van der Waals surface area contributed by atoms with E-state index in [2.05, 4.69) is 10.6 Å². The summed E-state index contributed by atoms with van der Waals surface area (Å²) in [6, 6.07) is 7.60. The number of aromatic carboxylic acids is 1. The zero-order valence-corrected chi connectivity index (χ0v) is 23.9. The number of alkyl halides is 3. The number of allylic oxidation sites excluding steroid dienone is 1. The Morgan fingerprint density at radius 3 is 2.27 bits per heavy atom. The summed E-state index contributed by atoms with van der Waals surface area (Å²) in [6.07, 6.45) is 4.02. The number of hydrogen-bond donors (Lipinski definition) is 3. The van der Waals surface area contributed by atoms with Crippen LogP contribution in [-0.4, -0.2) is 50.0 Å². The van der Waals surface area contributed by atoms with Gasteiger partial charge >= 0.3 is 11.5 Å². The highest BCUT2D eigenvalue weighted by molar-refractivity contribution is 7.92. The summed E-state index contributed by atoms with van der Waals surface area (Å²) >= 11 is 0. The first kappa shape index (κ1) is 31.6. The molecule has 4 atom stereocenters. The first-order valence-electron chi connectivity index (χ1n) is 13.2. The molecule has 3 aromatic carbocycles. The predicted octanol–water partition coefficient (Wildman–Crippen LogP) is 5.19. The summed E-state index contributed by atoms with van der Waals surface area (Å²) in [6.45, 7) is 0. The predicted molar refractivity (Wildman–Crippen MR) is 149 cm³/mol. The first-order valence-corrected chi connectivity index (χ1v) is 14.7. The molecule has 0 aromatic heterocycles. The third-order valence-corrected chi connectivity index (χ3v) is 9.30. The lowest BCUT2D eigenvalue weighted by Crippen LogP contribution is -2.47. The molecule has 4 unspecified atom stereocenters. The second-order valence-electron chi connectivity index (χ2n) is 10.5. The number of carboxylic acids is 1. The average Bonchev–Trinajstić information content (AvgIpc) is 3.58. The first-order chi connectivity index (χ1) is 21.1. The molecule has 0 spiro atoms. The van der Waals surface area contributed by atoms with Gasteiger partial charge in [-0.15, -0.1) is 0 Å². The number of benzene rings is 3. The molecule has 0 saturated heterocycles. The van der Waals surface area contributed by atoms with Crippen LogP contribution >= 0.6 is 0 Å². The highest BCUT2D eigenvalue weighted by Gasteiger charge is 2.49. The van der Waals surface area contributed by atoms with Gasteiger partial charge in [-0.2, -0.15) is 13.2 Å². The number of carbonyl (C=O) groups excluding carboxylic acids is 2. The third kappa shape index (κ3) is 5.87. The molecular formula is C30H23F5N2O7S. The minimum absolute atomic E-state index is 0.206. The van der Waals surface area contributed by atoms with E-state index in [-0.39, 0.29) is 45.5 Å². The van der Waals surface area contributed by atoms with Gasteiger partial charge in [0.15, 0.2) is 0 Å². The molecular weight excluding hydrogens is 627 g/mol. The number of fused-ring (bicyclic) bond motifs is 2. The molecule has 3 N–H and O–H groups in total. The highest BCUT2D eigenvalue weighted by atomic mass is 32.2. The van der Waals surface area contributed by atoms with Crippen LogP contribution in [0.2, 0.25) is 0 Å². The summed E-state index contributed by atoms with van der Waals surface area (Å²) < 4.78 is 97.8. The second-order valence-corrected chi connectivity index (χ2v) is 12.4. The van der Waals surface area contributed by atoms with Crippen molar-refractivity contribution in [2.45, 2.75) is 22.9 Å². The molecule has 15 heteroatoms. The van der Waals surface area contributed by atoms with Crippen molar-refractivity contribution in [1.82, 2.24) is 5.32 Å². The van der Waals surface area contributed by atoms with Crippen molar-refractivity contribution in [3.05, 3.63) is 89.5 Å². The molecule has 3 aromatic rings. The van der Waals surface area contributed by atoms with Crippen LogP contribution < -0.4 is 15.4 Å². The fourth-order valence-corrected chi connectivity index (χ4v) is 6.49. The van der Waals surface area contributed by atoms with Crippen LogP contribution in [-0.2, 0) is 14.6 Å². The number of rotatable bonds is 8. The minimum Gasteiger partial charge on any atom is -0.496 e. The maximum Gasteiger partial charge on any atom is 0.501 e. The monoisotopic (exact) mass is 650 g/mol. The van der Waals surface area contributed by atoms with Gasteiger partial charge in [-0.05, 0) is 54.7 Å². The van der Waals surface area contributed by atoms with E-state index in [1.165, 1.54) is 13.2 Å². The Labute approximate surface area is 252 Å². The Morgan fingerprint density at radius 2 is 1.62 bits per heavy atom. The largest absolute Gasteiger partial charge is 0.501 e. The smallest absolute Gasteiger partial charge is 0.496 e. The molecule has 1 fully saturated rings. The van der Waals surface area contributed by atoms with Crippen LogP contribution in [0.25, 0.3) is 11.1 Å². The van der Waals surface area contributed by atoms with Crippen molar-refractivity contribution in [2.24, 2.45) is 17.8 Å². The number of nitrogens with one attached hydrogen (secondary N) is 2. The van der Waals surface area contributed by atoms with Gasteiger partial charge in [-0.3, -0.25) is 9.59 Å². The number of hydrogen-bond acceptors (Lipinski definition) is 6. The maximum atomic E-state index is 15.0. The number of methoxy groups -OCH3 is 1. The number of ether oxygens (including phenoxy) is 1. The molecule has 0 radical (unpaired) electrons. The summed E-state index contributed by atoms with van der Waals surface area (Å²) in [5.41, 5.74) is -7.01. The van der Waals surface area contributed by atoms with Crippen LogP contribution in [0.5, 0.6) is 5.75 Å². The quantitative estimate of drug-likeness (QED) is 0.225. The van der Waals surface area contributed by atoms with Gasteiger partial charge in [-0.25, -0.2) is 22.0 Å². The van der Waals surface area contributed by atoms with Crippen molar-refractivity contribution in [3.63, 3.8) is 0 Å². The van der Waals surface area contributed by atoms with Crippen molar-refractivity contribution >= 4 is 33.3 Å². The summed E-state index contributed by atoms with van der Waals surface area (Å²) in [7, 11) is -4.49. The Hall–Kier alpha value is -4.79. The van der Waals surface area contributed by atoms with E-state index in [1.807, 2.05) is 0 Å². The van der Waals surface area contributed by atoms with Gasteiger partial charge in [0.05, 0.1) is 29.1 Å². The minimum atomic E-state index is -5.67. The molecule has 9 nitrogen and oxygen atoms in total. The van der Waals surface area contributed by atoms with Crippen LogP contribution in [0.3, 0.4) is 0 Å². The van der Waals surface area contributed by atoms with E-state index in [0.29, 0.717) is 18.6 Å². The number of halogens is 5. The SMILES string of the molecule is COc1cc(F)c(-c2ccc(C(=O)O)cc2F)cc1C(=O)NC1C2C=CC(C2)C1C(=O)Nc1cccc(S(=O)(=O)C(F)(F)F)c1. The molecule has 2 aliphatic carbocycles. The molecule has 0 heterocycles. The van der Waals surface area contributed by atoms with Gasteiger partial charge in [0.1, 0.15) is 17.4 Å². The van der Waals surface area contributed by atoms with Gasteiger partial charge in [-0.1, -0.05) is 24.3 Å². The van der Waals surface area contributed by atoms with Gasteiger partial charge in [0.25, 0.3) is 15.7 Å². The molecule has 2 aliphatic rings. The normalized spacial score (nSPS) is 20.6. The number of carbonyl (C=O) groups is 3. The third-order valence-electron chi connectivity index (χ3n) is 7.82. The molecule has 5 rings (SSSR count). The fraction of sp³-hybridized carbons (Fsp3) is 0.233. The average molecular weight is 651 g/mol. The molecule has 236 valence electrons.